The van der Waals surface area contributed by atoms with Crippen molar-refractivity contribution in [2.75, 3.05) is 7.11 Å². The molecule has 4 heteroatoms. The minimum Gasteiger partial charge on any atom is -0.496 e. The highest BCUT2D eigenvalue weighted by Crippen LogP contribution is 2.41. The number of ether oxygens (including phenoxy) is 2. The fourth-order valence-corrected chi connectivity index (χ4v) is 4.31. The van der Waals surface area contributed by atoms with Crippen molar-refractivity contribution in [2.24, 2.45) is 7.05 Å². The molecule has 1 atom stereocenters. The van der Waals surface area contributed by atoms with Crippen LogP contribution in [0.25, 0.3) is 32.6 Å². The van der Waals surface area contributed by atoms with Gasteiger partial charge in [0.15, 0.2) is 0 Å². The Balaban J connectivity index is 1.97. The van der Waals surface area contributed by atoms with E-state index in [1.165, 1.54) is 0 Å². The van der Waals surface area contributed by atoms with Crippen LogP contribution in [0, 0.1) is 0 Å². The Kier molecular flexibility index (Phi) is 3.53. The smallest absolute Gasteiger partial charge is 0.201 e. The first-order chi connectivity index (χ1) is 13.5. The summed E-state index contributed by atoms with van der Waals surface area (Å²) in [6.45, 7) is 6.01. The van der Waals surface area contributed by atoms with Gasteiger partial charge in [-0.05, 0) is 35.4 Å². The number of benzene rings is 3. The Morgan fingerprint density at radius 3 is 2.61 bits per heavy atom. The molecular weight excluding hydrogens is 350 g/mol. The van der Waals surface area contributed by atoms with Gasteiger partial charge in [-0.3, -0.25) is 4.79 Å². The lowest BCUT2D eigenvalue weighted by Crippen LogP contribution is -2.14. The normalized spacial score (nSPS) is 15.8. The Morgan fingerprint density at radius 1 is 1.21 bits per heavy atom. The van der Waals surface area contributed by atoms with Crippen LogP contribution in [0.1, 0.15) is 12.5 Å². The second kappa shape index (κ2) is 5.86. The molecule has 28 heavy (non-hydrogen) atoms. The number of rotatable bonds is 2. The monoisotopic (exact) mass is 371 g/mol. The van der Waals surface area contributed by atoms with Gasteiger partial charge in [0.2, 0.25) is 5.43 Å². The number of pyridine rings is 1. The summed E-state index contributed by atoms with van der Waals surface area (Å²) in [4.78, 5) is 13.5. The highest BCUT2D eigenvalue weighted by Gasteiger charge is 2.29. The maximum absolute atomic E-state index is 13.5. The predicted molar refractivity (Wildman–Crippen MR) is 114 cm³/mol. The number of hydrogen-bond acceptors (Lipinski definition) is 3. The molecule has 140 valence electrons. The van der Waals surface area contributed by atoms with Crippen LogP contribution in [0.4, 0.5) is 0 Å². The van der Waals surface area contributed by atoms with Gasteiger partial charge in [-0.1, -0.05) is 30.8 Å². The van der Waals surface area contributed by atoms with Crippen LogP contribution in [-0.2, 0) is 13.5 Å². The molecule has 0 fully saturated rings. The first-order valence-electron chi connectivity index (χ1n) is 9.36. The molecule has 0 aliphatic carbocycles. The summed E-state index contributed by atoms with van der Waals surface area (Å²) in [6.07, 6.45) is 0.630. The zero-order chi connectivity index (χ0) is 19.6. The molecule has 4 aromatic rings. The van der Waals surface area contributed by atoms with E-state index in [2.05, 4.69) is 23.3 Å². The predicted octanol–water partition coefficient (Wildman–Crippen LogP) is 4.73. The van der Waals surface area contributed by atoms with Gasteiger partial charge >= 0.3 is 0 Å². The van der Waals surface area contributed by atoms with Crippen molar-refractivity contribution >= 4 is 32.6 Å². The van der Waals surface area contributed by atoms with Gasteiger partial charge < -0.3 is 14.0 Å². The van der Waals surface area contributed by atoms with Crippen molar-refractivity contribution in [3.8, 4) is 11.5 Å². The van der Waals surface area contributed by atoms with Crippen LogP contribution < -0.4 is 14.9 Å². The molecule has 0 saturated carbocycles. The van der Waals surface area contributed by atoms with Gasteiger partial charge in [-0.2, -0.15) is 0 Å². The average Bonchev–Trinajstić information content (AvgIpc) is 3.14. The molecule has 5 rings (SSSR count). The number of nitrogens with zero attached hydrogens (tertiary/aromatic N) is 1. The Morgan fingerprint density at radius 2 is 1.93 bits per heavy atom. The van der Waals surface area contributed by atoms with Crippen LogP contribution in [0.5, 0.6) is 11.5 Å². The van der Waals surface area contributed by atoms with Crippen LogP contribution in [0.15, 0.2) is 59.4 Å². The topological polar surface area (TPSA) is 40.5 Å². The molecule has 0 bridgehead atoms. The summed E-state index contributed by atoms with van der Waals surface area (Å²) in [5.74, 6) is 1.32. The lowest BCUT2D eigenvalue weighted by Gasteiger charge is -2.16. The molecule has 0 radical (unpaired) electrons. The van der Waals surface area contributed by atoms with Gasteiger partial charge in [0.05, 0.1) is 23.5 Å². The third-order valence-corrected chi connectivity index (χ3v) is 5.79. The molecular formula is C24H21NO3. The van der Waals surface area contributed by atoms with E-state index in [-0.39, 0.29) is 11.5 Å². The standard InChI is InChI=1S/C24H21NO3/c1-13(2)19-11-17-20(28-19)12-21(27-4)22-23(17)25(3)18-10-15-8-6-5-7-14(15)9-16(18)24(22)26/h5-10,12,19H,1,11H2,2-4H3. The SMILES string of the molecule is C=C(C)C1Cc2c(cc(OC)c3c(=O)c4cc5ccccc5cc4n(C)c23)O1. The molecule has 0 saturated heterocycles. The highest BCUT2D eigenvalue weighted by atomic mass is 16.5. The summed E-state index contributed by atoms with van der Waals surface area (Å²) < 4.78 is 13.8. The van der Waals surface area contributed by atoms with Gasteiger partial charge in [0, 0.05) is 30.5 Å². The maximum Gasteiger partial charge on any atom is 0.201 e. The highest BCUT2D eigenvalue weighted by molar-refractivity contribution is 6.04. The first-order valence-corrected chi connectivity index (χ1v) is 9.36. The van der Waals surface area contributed by atoms with Crippen molar-refractivity contribution in [1.82, 2.24) is 4.57 Å². The van der Waals surface area contributed by atoms with Gasteiger partial charge in [-0.15, -0.1) is 0 Å². The minimum atomic E-state index is -0.0762. The van der Waals surface area contributed by atoms with Crippen LogP contribution >= 0.6 is 0 Å². The van der Waals surface area contributed by atoms with Crippen molar-refractivity contribution in [1.29, 1.82) is 0 Å². The van der Waals surface area contributed by atoms with Crippen LogP contribution in [0.3, 0.4) is 0 Å². The molecule has 1 unspecified atom stereocenters. The van der Waals surface area contributed by atoms with Crippen molar-refractivity contribution in [3.05, 3.63) is 70.4 Å². The molecule has 0 amide bonds. The maximum atomic E-state index is 13.5. The molecule has 2 heterocycles. The van der Waals surface area contributed by atoms with Gasteiger partial charge in [-0.25, -0.2) is 0 Å². The van der Waals surface area contributed by atoms with Crippen molar-refractivity contribution in [3.63, 3.8) is 0 Å². The fourth-order valence-electron chi connectivity index (χ4n) is 4.31. The third-order valence-electron chi connectivity index (χ3n) is 5.79. The van der Waals surface area contributed by atoms with Crippen LogP contribution in [0.2, 0.25) is 0 Å². The quantitative estimate of drug-likeness (QED) is 0.378. The second-order valence-corrected chi connectivity index (χ2v) is 7.54. The zero-order valence-electron chi connectivity index (χ0n) is 16.2. The van der Waals surface area contributed by atoms with E-state index in [0.29, 0.717) is 22.9 Å². The second-order valence-electron chi connectivity index (χ2n) is 7.54. The van der Waals surface area contributed by atoms with E-state index in [9.17, 15) is 4.79 Å². The summed E-state index contributed by atoms with van der Waals surface area (Å²) in [5.41, 5.74) is 3.79. The summed E-state index contributed by atoms with van der Waals surface area (Å²) in [5, 5.41) is 3.47. The number of methoxy groups -OCH3 is 1. The van der Waals surface area contributed by atoms with E-state index >= 15 is 0 Å². The third kappa shape index (κ3) is 2.21. The Bertz CT molecular complexity index is 1360. The lowest BCUT2D eigenvalue weighted by molar-refractivity contribution is 0.270. The number of aryl methyl sites for hydroxylation is 1. The zero-order valence-corrected chi connectivity index (χ0v) is 16.2. The molecule has 4 nitrogen and oxygen atoms in total. The van der Waals surface area contributed by atoms with E-state index in [0.717, 1.165) is 38.7 Å². The largest absolute Gasteiger partial charge is 0.496 e. The number of hydrogen-bond donors (Lipinski definition) is 0. The van der Waals surface area contributed by atoms with Crippen molar-refractivity contribution < 1.29 is 9.47 Å². The van der Waals surface area contributed by atoms with E-state index in [1.807, 2.05) is 44.3 Å². The summed E-state index contributed by atoms with van der Waals surface area (Å²) in [7, 11) is 3.60. The van der Waals surface area contributed by atoms with Crippen molar-refractivity contribution in [2.45, 2.75) is 19.4 Å². The Hall–Kier alpha value is -3.27. The molecule has 0 N–H and O–H groups in total. The molecule has 1 aliphatic heterocycles. The fraction of sp³-hybridized carbons (Fsp3) is 0.208. The van der Waals surface area contributed by atoms with E-state index < -0.39 is 0 Å². The summed E-state index contributed by atoms with van der Waals surface area (Å²) in [6, 6.07) is 14.0. The van der Waals surface area contributed by atoms with E-state index in [4.69, 9.17) is 9.47 Å². The lowest BCUT2D eigenvalue weighted by atomic mass is 9.99. The molecule has 1 aliphatic rings. The average molecular weight is 371 g/mol. The molecule has 0 spiro atoms. The number of fused-ring (bicyclic) bond motifs is 5. The number of aromatic nitrogens is 1. The molecule has 1 aromatic heterocycles. The van der Waals surface area contributed by atoms with E-state index in [1.54, 1.807) is 7.11 Å². The summed E-state index contributed by atoms with van der Waals surface area (Å²) >= 11 is 0. The van der Waals surface area contributed by atoms with Crippen LogP contribution in [-0.4, -0.2) is 17.8 Å². The molecule has 3 aromatic carbocycles. The first kappa shape index (κ1) is 16.9. The minimum absolute atomic E-state index is 0.00715. The van der Waals surface area contributed by atoms with Gasteiger partial charge in [0.1, 0.15) is 17.6 Å². The Labute approximate surface area is 162 Å². The van der Waals surface area contributed by atoms with Gasteiger partial charge in [0.25, 0.3) is 0 Å².